The average Bonchev–Trinajstić information content (AvgIpc) is 2.33. The van der Waals surface area contributed by atoms with E-state index in [0.717, 1.165) is 22.7 Å². The lowest BCUT2D eigenvalue weighted by Gasteiger charge is -2.12. The van der Waals surface area contributed by atoms with E-state index in [2.05, 4.69) is 17.6 Å². The fourth-order valence-corrected chi connectivity index (χ4v) is 1.65. The van der Waals surface area contributed by atoms with E-state index in [1.807, 2.05) is 32.0 Å². The summed E-state index contributed by atoms with van der Waals surface area (Å²) in [5, 5.41) is 6.86. The van der Waals surface area contributed by atoms with Crippen LogP contribution >= 0.6 is 11.6 Å². The predicted molar refractivity (Wildman–Crippen MR) is 77.2 cm³/mol. The SMILES string of the molecule is CCC(C)NC(=O)CCNc1ccc(C)c(Cl)c1. The van der Waals surface area contributed by atoms with Crippen molar-refractivity contribution in [3.8, 4) is 0 Å². The largest absolute Gasteiger partial charge is 0.384 e. The van der Waals surface area contributed by atoms with E-state index in [-0.39, 0.29) is 11.9 Å². The van der Waals surface area contributed by atoms with E-state index in [9.17, 15) is 4.79 Å². The van der Waals surface area contributed by atoms with Crippen LogP contribution in [-0.2, 0) is 4.79 Å². The number of hydrogen-bond donors (Lipinski definition) is 2. The van der Waals surface area contributed by atoms with Gasteiger partial charge in [-0.15, -0.1) is 0 Å². The van der Waals surface area contributed by atoms with Crippen LogP contribution in [0, 0.1) is 6.92 Å². The summed E-state index contributed by atoms with van der Waals surface area (Å²) >= 11 is 6.02. The Bertz CT molecular complexity index is 407. The molecule has 0 fully saturated rings. The minimum absolute atomic E-state index is 0.0788. The molecule has 0 saturated carbocycles. The second kappa shape index (κ2) is 7.27. The van der Waals surface area contributed by atoms with Crippen LogP contribution in [0.2, 0.25) is 5.02 Å². The predicted octanol–water partition coefficient (Wildman–Crippen LogP) is 3.37. The van der Waals surface area contributed by atoms with Gasteiger partial charge in [0.25, 0.3) is 0 Å². The average molecular weight is 269 g/mol. The maximum absolute atomic E-state index is 11.5. The Labute approximate surface area is 114 Å². The molecule has 4 heteroatoms. The summed E-state index contributed by atoms with van der Waals surface area (Å²) in [4.78, 5) is 11.5. The van der Waals surface area contributed by atoms with Gasteiger partial charge in [0.05, 0.1) is 0 Å². The van der Waals surface area contributed by atoms with Crippen molar-refractivity contribution in [3.63, 3.8) is 0 Å². The molecule has 3 nitrogen and oxygen atoms in total. The summed E-state index contributed by atoms with van der Waals surface area (Å²) in [6, 6.07) is 6.05. The van der Waals surface area contributed by atoms with Gasteiger partial charge in [-0.05, 0) is 38.0 Å². The highest BCUT2D eigenvalue weighted by Crippen LogP contribution is 2.19. The maximum atomic E-state index is 11.5. The Balaban J connectivity index is 2.33. The van der Waals surface area contributed by atoms with E-state index in [1.54, 1.807) is 0 Å². The van der Waals surface area contributed by atoms with Gasteiger partial charge in [-0.2, -0.15) is 0 Å². The van der Waals surface area contributed by atoms with Crippen molar-refractivity contribution < 1.29 is 4.79 Å². The molecule has 0 aromatic heterocycles. The molecule has 2 N–H and O–H groups in total. The van der Waals surface area contributed by atoms with Crippen LogP contribution in [0.25, 0.3) is 0 Å². The molecule has 1 aromatic carbocycles. The van der Waals surface area contributed by atoms with Gasteiger partial charge in [0.1, 0.15) is 0 Å². The van der Waals surface area contributed by atoms with Gasteiger partial charge in [0, 0.05) is 29.7 Å². The molecule has 0 aliphatic rings. The number of carbonyl (C=O) groups excluding carboxylic acids is 1. The zero-order chi connectivity index (χ0) is 13.5. The summed E-state index contributed by atoms with van der Waals surface area (Å²) in [6.07, 6.45) is 1.42. The van der Waals surface area contributed by atoms with E-state index < -0.39 is 0 Å². The number of hydrogen-bond acceptors (Lipinski definition) is 2. The molecule has 0 radical (unpaired) electrons. The third-order valence-corrected chi connectivity index (χ3v) is 3.28. The zero-order valence-electron chi connectivity index (χ0n) is 11.2. The Kier molecular flexibility index (Phi) is 5.99. The van der Waals surface area contributed by atoms with Crippen LogP contribution in [0.3, 0.4) is 0 Å². The first-order valence-electron chi connectivity index (χ1n) is 6.32. The number of anilines is 1. The van der Waals surface area contributed by atoms with Crippen molar-refractivity contribution in [1.82, 2.24) is 5.32 Å². The first kappa shape index (κ1) is 14.8. The second-order valence-electron chi connectivity index (χ2n) is 4.52. The highest BCUT2D eigenvalue weighted by molar-refractivity contribution is 6.31. The van der Waals surface area contributed by atoms with Crippen LogP contribution in [0.1, 0.15) is 32.3 Å². The van der Waals surface area contributed by atoms with Gasteiger partial charge in [0.2, 0.25) is 5.91 Å². The van der Waals surface area contributed by atoms with Crippen molar-refractivity contribution in [3.05, 3.63) is 28.8 Å². The molecule has 18 heavy (non-hydrogen) atoms. The van der Waals surface area contributed by atoms with E-state index in [4.69, 9.17) is 11.6 Å². The Morgan fingerprint density at radius 1 is 1.44 bits per heavy atom. The maximum Gasteiger partial charge on any atom is 0.221 e. The van der Waals surface area contributed by atoms with Crippen LogP contribution < -0.4 is 10.6 Å². The lowest BCUT2D eigenvalue weighted by atomic mass is 10.2. The summed E-state index contributed by atoms with van der Waals surface area (Å²) in [6.45, 7) is 6.63. The fourth-order valence-electron chi connectivity index (χ4n) is 1.47. The fraction of sp³-hybridized carbons (Fsp3) is 0.500. The third-order valence-electron chi connectivity index (χ3n) is 2.87. The molecule has 1 rings (SSSR count). The molecule has 0 spiro atoms. The number of nitrogens with one attached hydrogen (secondary N) is 2. The number of benzene rings is 1. The molecule has 0 saturated heterocycles. The Hall–Kier alpha value is -1.22. The summed E-state index contributed by atoms with van der Waals surface area (Å²) in [5.41, 5.74) is 2.00. The normalized spacial score (nSPS) is 12.0. The molecular formula is C14H21ClN2O. The van der Waals surface area contributed by atoms with Gasteiger partial charge in [-0.1, -0.05) is 24.6 Å². The molecule has 0 aliphatic carbocycles. The van der Waals surface area contributed by atoms with E-state index >= 15 is 0 Å². The molecule has 1 amide bonds. The first-order valence-corrected chi connectivity index (χ1v) is 6.70. The minimum Gasteiger partial charge on any atom is -0.384 e. The lowest BCUT2D eigenvalue weighted by Crippen LogP contribution is -2.32. The van der Waals surface area contributed by atoms with Crippen LogP contribution in [0.5, 0.6) is 0 Å². The van der Waals surface area contributed by atoms with Crippen molar-refractivity contribution in [2.24, 2.45) is 0 Å². The molecule has 1 aromatic rings. The highest BCUT2D eigenvalue weighted by atomic mass is 35.5. The van der Waals surface area contributed by atoms with E-state index in [1.165, 1.54) is 0 Å². The summed E-state index contributed by atoms with van der Waals surface area (Å²) in [5.74, 6) is 0.0788. The molecular weight excluding hydrogens is 248 g/mol. The molecule has 0 heterocycles. The Morgan fingerprint density at radius 3 is 2.78 bits per heavy atom. The third kappa shape index (κ3) is 4.96. The number of amides is 1. The lowest BCUT2D eigenvalue weighted by molar-refractivity contribution is -0.121. The van der Waals surface area contributed by atoms with Gasteiger partial charge in [0.15, 0.2) is 0 Å². The minimum atomic E-state index is 0.0788. The van der Waals surface area contributed by atoms with Crippen molar-refractivity contribution >= 4 is 23.2 Å². The number of rotatable bonds is 6. The van der Waals surface area contributed by atoms with Crippen LogP contribution in [0.4, 0.5) is 5.69 Å². The van der Waals surface area contributed by atoms with Crippen molar-refractivity contribution in [1.29, 1.82) is 0 Å². The topological polar surface area (TPSA) is 41.1 Å². The molecule has 1 atom stereocenters. The number of halogens is 1. The monoisotopic (exact) mass is 268 g/mol. The first-order chi connectivity index (χ1) is 8.52. The molecule has 0 aliphatic heterocycles. The summed E-state index contributed by atoms with van der Waals surface area (Å²) in [7, 11) is 0. The number of aryl methyl sites for hydroxylation is 1. The second-order valence-corrected chi connectivity index (χ2v) is 4.92. The smallest absolute Gasteiger partial charge is 0.221 e. The molecule has 100 valence electrons. The number of carbonyl (C=O) groups is 1. The molecule has 0 bridgehead atoms. The van der Waals surface area contributed by atoms with Crippen molar-refractivity contribution in [2.45, 2.75) is 39.7 Å². The zero-order valence-corrected chi connectivity index (χ0v) is 12.0. The van der Waals surface area contributed by atoms with E-state index in [0.29, 0.717) is 13.0 Å². The van der Waals surface area contributed by atoms with Gasteiger partial charge >= 0.3 is 0 Å². The summed E-state index contributed by atoms with van der Waals surface area (Å²) < 4.78 is 0. The quantitative estimate of drug-likeness (QED) is 0.831. The van der Waals surface area contributed by atoms with Gasteiger partial charge in [-0.25, -0.2) is 0 Å². The standard InChI is InChI=1S/C14H21ClN2O/c1-4-11(3)17-14(18)7-8-16-12-6-5-10(2)13(15)9-12/h5-6,9,11,16H,4,7-8H2,1-3H3,(H,17,18). The van der Waals surface area contributed by atoms with Gasteiger partial charge < -0.3 is 10.6 Å². The van der Waals surface area contributed by atoms with Gasteiger partial charge in [-0.3, -0.25) is 4.79 Å². The highest BCUT2D eigenvalue weighted by Gasteiger charge is 2.05. The Morgan fingerprint density at radius 2 is 2.17 bits per heavy atom. The van der Waals surface area contributed by atoms with Crippen LogP contribution in [-0.4, -0.2) is 18.5 Å². The van der Waals surface area contributed by atoms with Crippen LogP contribution in [0.15, 0.2) is 18.2 Å². The van der Waals surface area contributed by atoms with Crippen molar-refractivity contribution in [2.75, 3.05) is 11.9 Å². The molecule has 1 unspecified atom stereocenters.